The maximum Gasteiger partial charge on any atom is 0.355 e. The predicted molar refractivity (Wildman–Crippen MR) is 79.2 cm³/mol. The number of thioether (sulfide) groups is 1. The summed E-state index contributed by atoms with van der Waals surface area (Å²) in [5.74, 6) is -1.22. The number of nitrogens with one attached hydrogen (secondary N) is 1. The molecular weight excluding hydrogens is 296 g/mol. The number of nitrogens with zero attached hydrogens (tertiary/aromatic N) is 3. The van der Waals surface area contributed by atoms with E-state index >= 15 is 0 Å². The summed E-state index contributed by atoms with van der Waals surface area (Å²) < 4.78 is 6.14. The molecule has 0 fully saturated rings. The fourth-order valence-corrected chi connectivity index (χ4v) is 1.98. The number of carboxylic acid groups (broad SMARTS) is 1. The lowest BCUT2D eigenvalue weighted by molar-refractivity contribution is -0.148. The molecule has 1 aromatic rings. The predicted octanol–water partition coefficient (Wildman–Crippen LogP) is 0.648. The summed E-state index contributed by atoms with van der Waals surface area (Å²) in [6, 6.07) is 0. The lowest BCUT2D eigenvalue weighted by Crippen LogP contribution is -2.45. The number of aliphatic carboxylic acids is 1. The van der Waals surface area contributed by atoms with Crippen LogP contribution in [-0.4, -0.2) is 45.0 Å². The van der Waals surface area contributed by atoms with Gasteiger partial charge in [-0.1, -0.05) is 32.5 Å². The molecule has 8 nitrogen and oxygen atoms in total. The van der Waals surface area contributed by atoms with E-state index in [1.165, 1.54) is 11.8 Å². The number of carbonyl (C=O) groups is 1. The zero-order valence-corrected chi connectivity index (χ0v) is 13.5. The molecule has 118 valence electrons. The molecule has 0 spiro atoms. The van der Waals surface area contributed by atoms with Crippen LogP contribution in [0.3, 0.4) is 0 Å². The molecule has 1 aromatic heterocycles. The van der Waals surface area contributed by atoms with E-state index in [4.69, 9.17) is 9.84 Å². The zero-order chi connectivity index (χ0) is 16.2. The molecule has 21 heavy (non-hydrogen) atoms. The van der Waals surface area contributed by atoms with Crippen LogP contribution in [0.1, 0.15) is 33.4 Å². The maximum atomic E-state index is 12.5. The number of rotatable bonds is 6. The van der Waals surface area contributed by atoms with Crippen molar-refractivity contribution in [3.8, 4) is 0 Å². The van der Waals surface area contributed by atoms with Gasteiger partial charge < -0.3 is 9.84 Å². The first kappa shape index (κ1) is 17.4. The molecule has 1 rings (SSSR count). The Balaban J connectivity index is 3.32. The van der Waals surface area contributed by atoms with Crippen LogP contribution < -0.4 is 11.0 Å². The van der Waals surface area contributed by atoms with E-state index in [0.29, 0.717) is 0 Å². The van der Waals surface area contributed by atoms with Gasteiger partial charge >= 0.3 is 5.97 Å². The Morgan fingerprint density at radius 2 is 2.10 bits per heavy atom. The molecule has 0 aliphatic carbocycles. The van der Waals surface area contributed by atoms with Crippen LogP contribution in [0.4, 0.5) is 0 Å². The first-order valence-electron chi connectivity index (χ1n) is 6.37. The lowest BCUT2D eigenvalue weighted by atomic mass is 9.93. The standard InChI is InChI=1S/C12H20N4O4S/c1-6-20-8(10(18)19)15-16-9(17)7(12(2,3)4)13-14-11(16)21-5/h8,15H,6H2,1-5H3,(H,18,19). The Labute approximate surface area is 126 Å². The van der Waals surface area contributed by atoms with Crippen molar-refractivity contribution in [2.45, 2.75) is 44.5 Å². The molecule has 2 N–H and O–H groups in total. The van der Waals surface area contributed by atoms with E-state index < -0.39 is 23.2 Å². The second-order valence-electron chi connectivity index (χ2n) is 5.23. The smallest absolute Gasteiger partial charge is 0.355 e. The van der Waals surface area contributed by atoms with Crippen LogP contribution in [0.2, 0.25) is 0 Å². The van der Waals surface area contributed by atoms with E-state index in [1.54, 1.807) is 13.2 Å². The Morgan fingerprint density at radius 3 is 2.52 bits per heavy atom. The highest BCUT2D eigenvalue weighted by molar-refractivity contribution is 7.98. The van der Waals surface area contributed by atoms with Gasteiger partial charge in [0.05, 0.1) is 0 Å². The minimum atomic E-state index is -1.34. The van der Waals surface area contributed by atoms with Crippen molar-refractivity contribution in [3.05, 3.63) is 16.0 Å². The Morgan fingerprint density at radius 1 is 1.48 bits per heavy atom. The van der Waals surface area contributed by atoms with Gasteiger partial charge in [-0.3, -0.25) is 10.2 Å². The molecule has 9 heteroatoms. The van der Waals surface area contributed by atoms with Crippen molar-refractivity contribution in [1.82, 2.24) is 14.9 Å². The SMILES string of the molecule is CCOC(Nn1c(SC)nnc(C(C)(C)C)c1=O)C(=O)O. The average Bonchev–Trinajstić information content (AvgIpc) is 2.38. The molecule has 1 atom stereocenters. The molecule has 1 unspecified atom stereocenters. The number of hydrogen-bond acceptors (Lipinski definition) is 7. The quantitative estimate of drug-likeness (QED) is 0.582. The van der Waals surface area contributed by atoms with Crippen molar-refractivity contribution in [2.24, 2.45) is 0 Å². The van der Waals surface area contributed by atoms with Gasteiger partial charge in [0, 0.05) is 12.0 Å². The molecule has 0 bridgehead atoms. The monoisotopic (exact) mass is 316 g/mol. The van der Waals surface area contributed by atoms with Crippen molar-refractivity contribution in [3.63, 3.8) is 0 Å². The molecule has 0 amide bonds. The number of aromatic nitrogens is 3. The van der Waals surface area contributed by atoms with Crippen molar-refractivity contribution in [2.75, 3.05) is 18.3 Å². The summed E-state index contributed by atoms with van der Waals surface area (Å²) in [4.78, 5) is 23.6. The number of hydrogen-bond donors (Lipinski definition) is 2. The second kappa shape index (κ2) is 6.90. The van der Waals surface area contributed by atoms with Gasteiger partial charge in [-0.15, -0.1) is 10.2 Å². The lowest BCUT2D eigenvalue weighted by Gasteiger charge is -2.21. The maximum absolute atomic E-state index is 12.5. The van der Waals surface area contributed by atoms with Crippen LogP contribution in [0.25, 0.3) is 0 Å². The molecule has 0 saturated carbocycles. The van der Waals surface area contributed by atoms with Gasteiger partial charge in [-0.05, 0) is 13.2 Å². The minimum Gasteiger partial charge on any atom is -0.478 e. The van der Waals surface area contributed by atoms with Crippen molar-refractivity contribution < 1.29 is 14.6 Å². The van der Waals surface area contributed by atoms with E-state index in [1.807, 2.05) is 20.8 Å². The third kappa shape index (κ3) is 4.18. The van der Waals surface area contributed by atoms with Gasteiger partial charge in [0.15, 0.2) is 0 Å². The van der Waals surface area contributed by atoms with Crippen LogP contribution in [0.5, 0.6) is 0 Å². The average molecular weight is 316 g/mol. The van der Waals surface area contributed by atoms with E-state index in [2.05, 4.69) is 15.6 Å². The summed E-state index contributed by atoms with van der Waals surface area (Å²) in [6.45, 7) is 7.36. The third-order valence-corrected chi connectivity index (χ3v) is 3.16. The van der Waals surface area contributed by atoms with E-state index in [0.717, 1.165) is 4.68 Å². The molecule has 0 aliphatic rings. The first-order chi connectivity index (χ1) is 9.72. The van der Waals surface area contributed by atoms with Crippen LogP contribution in [-0.2, 0) is 14.9 Å². The summed E-state index contributed by atoms with van der Waals surface area (Å²) >= 11 is 1.18. The van der Waals surface area contributed by atoms with E-state index in [9.17, 15) is 9.59 Å². The molecule has 0 aliphatic heterocycles. The highest BCUT2D eigenvalue weighted by atomic mass is 32.2. The first-order valence-corrected chi connectivity index (χ1v) is 7.60. The Bertz CT molecular complexity index is 567. The highest BCUT2D eigenvalue weighted by Crippen LogP contribution is 2.17. The molecular formula is C12H20N4O4S. The summed E-state index contributed by atoms with van der Waals surface area (Å²) in [5, 5.41) is 17.3. The molecule has 0 radical (unpaired) electrons. The number of carboxylic acids is 1. The van der Waals surface area contributed by atoms with Crippen molar-refractivity contribution in [1.29, 1.82) is 0 Å². The number of ether oxygens (including phenoxy) is 1. The van der Waals surface area contributed by atoms with Crippen LogP contribution in [0.15, 0.2) is 9.95 Å². The molecule has 0 saturated heterocycles. The van der Waals surface area contributed by atoms with Crippen LogP contribution >= 0.6 is 11.8 Å². The summed E-state index contributed by atoms with van der Waals surface area (Å²) in [5.41, 5.74) is 1.84. The zero-order valence-electron chi connectivity index (χ0n) is 12.7. The second-order valence-corrected chi connectivity index (χ2v) is 6.00. The van der Waals surface area contributed by atoms with Gasteiger partial charge in [0.2, 0.25) is 11.4 Å². The van der Waals surface area contributed by atoms with Gasteiger partial charge in [0.25, 0.3) is 5.56 Å². The Hall–Kier alpha value is -1.61. The summed E-state index contributed by atoms with van der Waals surface area (Å²) in [7, 11) is 0. The fourth-order valence-electron chi connectivity index (χ4n) is 1.54. The van der Waals surface area contributed by atoms with Crippen LogP contribution in [0, 0.1) is 0 Å². The van der Waals surface area contributed by atoms with Gasteiger partial charge in [-0.2, -0.15) is 4.68 Å². The Kier molecular flexibility index (Phi) is 5.73. The highest BCUT2D eigenvalue weighted by Gasteiger charge is 2.26. The van der Waals surface area contributed by atoms with Gasteiger partial charge in [-0.25, -0.2) is 4.79 Å². The fraction of sp³-hybridized carbons (Fsp3) is 0.667. The van der Waals surface area contributed by atoms with E-state index in [-0.39, 0.29) is 17.5 Å². The van der Waals surface area contributed by atoms with Crippen molar-refractivity contribution >= 4 is 17.7 Å². The third-order valence-electron chi connectivity index (χ3n) is 2.53. The molecule has 0 aromatic carbocycles. The normalized spacial score (nSPS) is 13.0. The van der Waals surface area contributed by atoms with Gasteiger partial charge in [0.1, 0.15) is 5.69 Å². The summed E-state index contributed by atoms with van der Waals surface area (Å²) in [6.07, 6.45) is 0.380. The largest absolute Gasteiger partial charge is 0.478 e. The minimum absolute atomic E-state index is 0.192. The topological polar surface area (TPSA) is 106 Å². The molecule has 1 heterocycles.